The van der Waals surface area contributed by atoms with E-state index < -0.39 is 0 Å². The summed E-state index contributed by atoms with van der Waals surface area (Å²) < 4.78 is 5.81. The van der Waals surface area contributed by atoms with E-state index in [1.165, 1.54) is 11.1 Å². The van der Waals surface area contributed by atoms with Crippen molar-refractivity contribution in [3.63, 3.8) is 0 Å². The third kappa shape index (κ3) is 3.83. The lowest BCUT2D eigenvalue weighted by Gasteiger charge is -2.26. The van der Waals surface area contributed by atoms with E-state index in [2.05, 4.69) is 50.4 Å². The summed E-state index contributed by atoms with van der Waals surface area (Å²) in [6.45, 7) is 7.18. The number of likely N-dealkylation sites (N-methyl/N-ethyl adjacent to an activating group) is 1. The van der Waals surface area contributed by atoms with Gasteiger partial charge in [0.15, 0.2) is 0 Å². The molecular formula is C15H25NO. The van der Waals surface area contributed by atoms with Crippen molar-refractivity contribution in [2.45, 2.75) is 45.8 Å². The highest BCUT2D eigenvalue weighted by Crippen LogP contribution is 2.22. The van der Waals surface area contributed by atoms with Crippen LogP contribution in [0.3, 0.4) is 0 Å². The normalized spacial score (nSPS) is 14.6. The summed E-state index contributed by atoms with van der Waals surface area (Å²) in [5.74, 6) is 0. The van der Waals surface area contributed by atoms with Gasteiger partial charge in [-0.1, -0.05) is 38.1 Å². The van der Waals surface area contributed by atoms with Crippen molar-refractivity contribution in [2.75, 3.05) is 13.7 Å². The molecule has 0 aromatic heterocycles. The lowest BCUT2D eigenvalue weighted by Crippen LogP contribution is -2.31. The Morgan fingerprint density at radius 2 is 2.00 bits per heavy atom. The monoisotopic (exact) mass is 235 g/mol. The highest BCUT2D eigenvalue weighted by Gasteiger charge is 2.20. The average Bonchev–Trinajstić information content (AvgIpc) is 2.38. The number of ether oxygens (including phenoxy) is 1. The van der Waals surface area contributed by atoms with Crippen LogP contribution in [0.5, 0.6) is 0 Å². The largest absolute Gasteiger partial charge is 0.377 e. The van der Waals surface area contributed by atoms with Crippen LogP contribution < -0.4 is 5.32 Å². The molecule has 0 amide bonds. The van der Waals surface area contributed by atoms with Crippen LogP contribution in [-0.4, -0.2) is 19.8 Å². The van der Waals surface area contributed by atoms with Gasteiger partial charge in [0.05, 0.1) is 12.1 Å². The predicted molar refractivity (Wildman–Crippen MR) is 73.3 cm³/mol. The van der Waals surface area contributed by atoms with Gasteiger partial charge in [-0.05, 0) is 37.9 Å². The Hall–Kier alpha value is -0.860. The average molecular weight is 235 g/mol. The SMILES string of the molecule is CCOC(CC)C(NC)c1cccc(CC)c1. The second-order valence-electron chi connectivity index (χ2n) is 4.27. The maximum absolute atomic E-state index is 5.81. The van der Waals surface area contributed by atoms with Gasteiger partial charge in [0, 0.05) is 6.61 Å². The molecule has 0 saturated carbocycles. The summed E-state index contributed by atoms with van der Waals surface area (Å²) in [5, 5.41) is 3.38. The lowest BCUT2D eigenvalue weighted by molar-refractivity contribution is 0.0334. The van der Waals surface area contributed by atoms with Gasteiger partial charge in [-0.15, -0.1) is 0 Å². The molecule has 0 fully saturated rings. The minimum Gasteiger partial charge on any atom is -0.377 e. The Labute approximate surface area is 105 Å². The lowest BCUT2D eigenvalue weighted by atomic mass is 9.97. The van der Waals surface area contributed by atoms with Crippen LogP contribution in [0.25, 0.3) is 0 Å². The fourth-order valence-corrected chi connectivity index (χ4v) is 2.24. The Morgan fingerprint density at radius 3 is 2.53 bits per heavy atom. The van der Waals surface area contributed by atoms with Crippen molar-refractivity contribution < 1.29 is 4.74 Å². The number of hydrogen-bond donors (Lipinski definition) is 1. The van der Waals surface area contributed by atoms with Crippen LogP contribution in [0.2, 0.25) is 0 Å². The van der Waals surface area contributed by atoms with Crippen molar-refractivity contribution in [3.8, 4) is 0 Å². The Bertz CT molecular complexity index is 324. The molecule has 2 atom stereocenters. The van der Waals surface area contributed by atoms with E-state index in [1.54, 1.807) is 0 Å². The highest BCUT2D eigenvalue weighted by atomic mass is 16.5. The molecule has 0 saturated heterocycles. The van der Waals surface area contributed by atoms with E-state index in [-0.39, 0.29) is 12.1 Å². The van der Waals surface area contributed by atoms with Crippen LogP contribution >= 0.6 is 0 Å². The van der Waals surface area contributed by atoms with Crippen molar-refractivity contribution in [2.24, 2.45) is 0 Å². The van der Waals surface area contributed by atoms with Crippen molar-refractivity contribution in [1.29, 1.82) is 0 Å². The second kappa shape index (κ2) is 7.46. The van der Waals surface area contributed by atoms with Gasteiger partial charge < -0.3 is 10.1 Å². The summed E-state index contributed by atoms with van der Waals surface area (Å²) in [6.07, 6.45) is 2.35. The molecule has 0 radical (unpaired) electrons. The molecule has 0 bridgehead atoms. The van der Waals surface area contributed by atoms with Crippen molar-refractivity contribution in [1.82, 2.24) is 5.32 Å². The summed E-state index contributed by atoms with van der Waals surface area (Å²) in [7, 11) is 2.00. The van der Waals surface area contributed by atoms with Crippen LogP contribution in [0.1, 0.15) is 44.4 Å². The van der Waals surface area contributed by atoms with Gasteiger partial charge in [0.1, 0.15) is 0 Å². The number of benzene rings is 1. The van der Waals surface area contributed by atoms with Gasteiger partial charge in [0.2, 0.25) is 0 Å². The molecule has 2 unspecified atom stereocenters. The molecule has 1 N–H and O–H groups in total. The van der Waals surface area contributed by atoms with Crippen LogP contribution in [0.15, 0.2) is 24.3 Å². The Kier molecular flexibility index (Phi) is 6.23. The predicted octanol–water partition coefficient (Wildman–Crippen LogP) is 3.32. The molecule has 0 aliphatic rings. The van der Waals surface area contributed by atoms with E-state index in [0.29, 0.717) is 0 Å². The van der Waals surface area contributed by atoms with E-state index in [9.17, 15) is 0 Å². The van der Waals surface area contributed by atoms with Crippen molar-refractivity contribution in [3.05, 3.63) is 35.4 Å². The number of rotatable bonds is 7. The molecule has 96 valence electrons. The molecule has 1 aromatic carbocycles. The fraction of sp³-hybridized carbons (Fsp3) is 0.600. The van der Waals surface area contributed by atoms with E-state index in [1.807, 2.05) is 7.05 Å². The van der Waals surface area contributed by atoms with Crippen LogP contribution in [0, 0.1) is 0 Å². The maximum Gasteiger partial charge on any atom is 0.0766 e. The minimum absolute atomic E-state index is 0.247. The first-order valence-electron chi connectivity index (χ1n) is 6.64. The van der Waals surface area contributed by atoms with Gasteiger partial charge in [-0.2, -0.15) is 0 Å². The first-order valence-corrected chi connectivity index (χ1v) is 6.64. The fourth-order valence-electron chi connectivity index (χ4n) is 2.24. The first-order chi connectivity index (χ1) is 8.26. The first kappa shape index (κ1) is 14.2. The Balaban J connectivity index is 2.90. The zero-order chi connectivity index (χ0) is 12.7. The molecule has 0 spiro atoms. The zero-order valence-corrected chi connectivity index (χ0v) is 11.5. The summed E-state index contributed by atoms with van der Waals surface area (Å²) in [4.78, 5) is 0. The summed E-state index contributed by atoms with van der Waals surface area (Å²) >= 11 is 0. The molecule has 0 aliphatic carbocycles. The van der Waals surface area contributed by atoms with E-state index in [4.69, 9.17) is 4.74 Å². The van der Waals surface area contributed by atoms with Crippen LogP contribution in [0.4, 0.5) is 0 Å². The summed E-state index contributed by atoms with van der Waals surface area (Å²) in [6, 6.07) is 9.06. The number of nitrogens with one attached hydrogen (secondary N) is 1. The molecule has 1 rings (SSSR count). The minimum atomic E-state index is 0.247. The quantitative estimate of drug-likeness (QED) is 0.782. The van der Waals surface area contributed by atoms with Crippen LogP contribution in [-0.2, 0) is 11.2 Å². The third-order valence-corrected chi connectivity index (χ3v) is 3.18. The second-order valence-corrected chi connectivity index (χ2v) is 4.27. The third-order valence-electron chi connectivity index (χ3n) is 3.18. The smallest absolute Gasteiger partial charge is 0.0766 e. The number of aryl methyl sites for hydroxylation is 1. The van der Waals surface area contributed by atoms with Gasteiger partial charge >= 0.3 is 0 Å². The molecule has 0 aliphatic heterocycles. The molecule has 2 heteroatoms. The Morgan fingerprint density at radius 1 is 1.24 bits per heavy atom. The standard InChI is InChI=1S/C15H25NO/c1-5-12-9-8-10-13(11-12)15(16-4)14(6-2)17-7-3/h8-11,14-16H,5-7H2,1-4H3. The topological polar surface area (TPSA) is 21.3 Å². The molecule has 2 nitrogen and oxygen atoms in total. The van der Waals surface area contributed by atoms with Gasteiger partial charge in [0.25, 0.3) is 0 Å². The molecular weight excluding hydrogens is 210 g/mol. The molecule has 0 heterocycles. The van der Waals surface area contributed by atoms with E-state index in [0.717, 1.165) is 19.4 Å². The summed E-state index contributed by atoms with van der Waals surface area (Å²) in [5.41, 5.74) is 2.71. The van der Waals surface area contributed by atoms with Crippen molar-refractivity contribution >= 4 is 0 Å². The number of hydrogen-bond acceptors (Lipinski definition) is 2. The highest BCUT2D eigenvalue weighted by molar-refractivity contribution is 5.26. The molecule has 1 aromatic rings. The van der Waals surface area contributed by atoms with Gasteiger partial charge in [-0.25, -0.2) is 0 Å². The molecule has 17 heavy (non-hydrogen) atoms. The van der Waals surface area contributed by atoms with Gasteiger partial charge in [-0.3, -0.25) is 0 Å². The van der Waals surface area contributed by atoms with E-state index >= 15 is 0 Å². The zero-order valence-electron chi connectivity index (χ0n) is 11.5. The maximum atomic E-state index is 5.81.